The van der Waals surface area contributed by atoms with Crippen molar-refractivity contribution in [3.8, 4) is 0 Å². The molecule has 47 heavy (non-hydrogen) atoms. The van der Waals surface area contributed by atoms with E-state index in [9.17, 15) is 19.5 Å². The van der Waals surface area contributed by atoms with Crippen LogP contribution in [0.25, 0.3) is 0 Å². The number of benzene rings is 2. The second-order valence-electron chi connectivity index (χ2n) is 12.6. The number of ether oxygens (including phenoxy) is 2. The number of allylic oxidation sites excluding steroid dienone is 1. The number of anilines is 1. The zero-order valence-electron chi connectivity index (χ0n) is 26.6. The van der Waals surface area contributed by atoms with Crippen LogP contribution in [0.4, 0.5) is 5.69 Å². The maximum absolute atomic E-state index is 15.0. The fourth-order valence-electron chi connectivity index (χ4n) is 7.52. The van der Waals surface area contributed by atoms with Crippen molar-refractivity contribution in [2.75, 3.05) is 31.2 Å². The van der Waals surface area contributed by atoms with Crippen LogP contribution in [0.15, 0.2) is 71.2 Å². The standard InChI is InChI=1S/C36H40BrN3O7/c1-22-12-11-13-23(2)30(22)39-17-8-4-7-16-27(42)46-21-26(24-14-5-3-6-15-24)38-33(43)28-29-34(44)40(18-9-10-19-41)32(35(39)45)36(29)20-25(37)31(28)47-36/h3-6,8,11-15,20,26,28-29,31-32,41H,7,9-10,16-19,21H2,1-2H3,(H,38,43)/b8-4-/t26-,28-,29+,31-,32-,36+/m1/s1. The third-order valence-corrected chi connectivity index (χ3v) is 10.3. The van der Waals surface area contributed by atoms with Gasteiger partial charge in [0.25, 0.3) is 5.91 Å². The van der Waals surface area contributed by atoms with E-state index >= 15 is 4.79 Å². The number of nitrogens with one attached hydrogen (secondary N) is 1. The normalized spacial score (nSPS) is 30.2. The van der Waals surface area contributed by atoms with Gasteiger partial charge in [-0.3, -0.25) is 19.2 Å². The highest BCUT2D eigenvalue weighted by Gasteiger charge is 2.74. The molecule has 2 N–H and O–H groups in total. The number of para-hydroxylation sites is 1. The molecule has 0 radical (unpaired) electrons. The molecular weight excluding hydrogens is 666 g/mol. The number of rotatable bonds is 6. The van der Waals surface area contributed by atoms with Gasteiger partial charge >= 0.3 is 5.97 Å². The van der Waals surface area contributed by atoms with Gasteiger partial charge in [0.1, 0.15) is 24.4 Å². The molecule has 248 valence electrons. The van der Waals surface area contributed by atoms with Crippen molar-refractivity contribution in [1.29, 1.82) is 0 Å². The van der Waals surface area contributed by atoms with Gasteiger partial charge in [0.05, 0.1) is 17.9 Å². The zero-order valence-corrected chi connectivity index (χ0v) is 28.1. The van der Waals surface area contributed by atoms with Gasteiger partial charge in [-0.25, -0.2) is 0 Å². The van der Waals surface area contributed by atoms with Crippen LogP contribution in [0.5, 0.6) is 0 Å². The number of carbonyl (C=O) groups is 4. The summed E-state index contributed by atoms with van der Waals surface area (Å²) in [4.78, 5) is 59.8. The lowest BCUT2D eigenvalue weighted by Crippen LogP contribution is -2.56. The lowest BCUT2D eigenvalue weighted by Gasteiger charge is -2.36. The van der Waals surface area contributed by atoms with Crippen LogP contribution in [0.1, 0.15) is 48.4 Å². The van der Waals surface area contributed by atoms with Gasteiger partial charge in [-0.2, -0.15) is 0 Å². The minimum Gasteiger partial charge on any atom is -0.463 e. The van der Waals surface area contributed by atoms with Crippen molar-refractivity contribution < 1.29 is 33.8 Å². The first kappa shape index (κ1) is 33.1. The van der Waals surface area contributed by atoms with Gasteiger partial charge in [0, 0.05) is 36.3 Å². The molecule has 0 unspecified atom stereocenters. The molecule has 10 nitrogen and oxygen atoms in total. The fraction of sp³-hybridized carbons (Fsp3) is 0.444. The van der Waals surface area contributed by atoms with Gasteiger partial charge in [-0.15, -0.1) is 0 Å². The predicted octanol–water partition coefficient (Wildman–Crippen LogP) is 4.03. The van der Waals surface area contributed by atoms with E-state index in [0.717, 1.165) is 22.4 Å². The van der Waals surface area contributed by atoms with Crippen LogP contribution < -0.4 is 10.2 Å². The molecule has 4 aliphatic heterocycles. The number of halogens is 1. The highest BCUT2D eigenvalue weighted by atomic mass is 79.9. The molecule has 6 rings (SSSR count). The molecule has 5 bridgehead atoms. The molecule has 2 fully saturated rings. The number of nitrogens with zero attached hydrogens (tertiary/aromatic N) is 2. The van der Waals surface area contributed by atoms with E-state index in [-0.39, 0.29) is 44.5 Å². The molecule has 6 atom stereocenters. The molecule has 4 heterocycles. The predicted molar refractivity (Wildman–Crippen MR) is 178 cm³/mol. The summed E-state index contributed by atoms with van der Waals surface area (Å²) in [6.45, 7) is 4.18. The van der Waals surface area contributed by atoms with Gasteiger partial charge in [-0.1, -0.05) is 76.6 Å². The number of esters is 1. The summed E-state index contributed by atoms with van der Waals surface area (Å²) < 4.78 is 12.9. The average molecular weight is 707 g/mol. The van der Waals surface area contributed by atoms with E-state index < -0.39 is 47.5 Å². The van der Waals surface area contributed by atoms with Crippen LogP contribution in [0.2, 0.25) is 0 Å². The molecule has 3 amide bonds. The number of amides is 3. The Bertz CT molecular complexity index is 1590. The summed E-state index contributed by atoms with van der Waals surface area (Å²) in [7, 11) is 0. The fourth-order valence-corrected chi connectivity index (χ4v) is 8.26. The number of unbranched alkanes of at least 4 members (excludes halogenated alkanes) is 1. The van der Waals surface area contributed by atoms with E-state index in [2.05, 4.69) is 21.2 Å². The molecule has 4 aliphatic rings. The first-order chi connectivity index (χ1) is 22.7. The Morgan fingerprint density at radius 1 is 0.979 bits per heavy atom. The highest BCUT2D eigenvalue weighted by molar-refractivity contribution is 9.11. The maximum atomic E-state index is 15.0. The number of aliphatic hydroxyl groups excluding tert-OH is 1. The number of aryl methyl sites for hydroxylation is 2. The lowest BCUT2D eigenvalue weighted by molar-refractivity contribution is -0.145. The molecule has 0 aliphatic carbocycles. The van der Waals surface area contributed by atoms with Crippen LogP contribution in [0, 0.1) is 25.7 Å². The van der Waals surface area contributed by atoms with Crippen molar-refractivity contribution in [2.45, 2.75) is 63.3 Å². The number of likely N-dealkylation sites (tertiary alicyclic amines) is 1. The zero-order chi connectivity index (χ0) is 33.3. The SMILES string of the molecule is Cc1cccc(C)c1N1C/C=C\CCC(=O)OC[C@H](c2ccccc2)NC(=O)[C@H]2[C@@H]3O[C@@]4(C=C3Br)[C@@H]2C(=O)N(CCCCO)[C@@H]4C1=O. The maximum Gasteiger partial charge on any atom is 0.306 e. The van der Waals surface area contributed by atoms with Crippen molar-refractivity contribution >= 4 is 45.3 Å². The largest absolute Gasteiger partial charge is 0.463 e. The molecule has 0 aromatic heterocycles. The number of hydrogen-bond donors (Lipinski definition) is 2. The highest BCUT2D eigenvalue weighted by Crippen LogP contribution is 2.59. The third-order valence-electron chi connectivity index (χ3n) is 9.64. The summed E-state index contributed by atoms with van der Waals surface area (Å²) >= 11 is 3.62. The van der Waals surface area contributed by atoms with E-state index in [1.807, 2.05) is 80.6 Å². The summed E-state index contributed by atoms with van der Waals surface area (Å²) in [5.41, 5.74) is 1.88. The van der Waals surface area contributed by atoms with Gasteiger partial charge in [0.15, 0.2) is 0 Å². The summed E-state index contributed by atoms with van der Waals surface area (Å²) in [6.07, 6.45) is 6.22. The van der Waals surface area contributed by atoms with Gasteiger partial charge in [0.2, 0.25) is 11.8 Å². The number of aliphatic hydroxyl groups is 1. The molecule has 1 spiro atoms. The Morgan fingerprint density at radius 3 is 2.45 bits per heavy atom. The minimum absolute atomic E-state index is 0.0466. The second kappa shape index (κ2) is 13.7. The molecule has 2 aromatic carbocycles. The minimum atomic E-state index is -1.39. The second-order valence-corrected chi connectivity index (χ2v) is 13.6. The number of carbonyl (C=O) groups excluding carboxylic acids is 4. The molecule has 0 saturated carbocycles. The lowest BCUT2D eigenvalue weighted by atomic mass is 9.74. The third kappa shape index (κ3) is 6.05. The van der Waals surface area contributed by atoms with Crippen molar-refractivity contribution in [1.82, 2.24) is 10.2 Å². The number of cyclic esters (lactones) is 1. The Hall–Kier alpha value is -3.80. The quantitative estimate of drug-likeness (QED) is 0.264. The molecule has 2 aromatic rings. The van der Waals surface area contributed by atoms with E-state index in [4.69, 9.17) is 9.47 Å². The Kier molecular flexibility index (Phi) is 9.68. The topological polar surface area (TPSA) is 125 Å². The van der Waals surface area contributed by atoms with Crippen LogP contribution in [-0.4, -0.2) is 77.7 Å². The number of hydrogen-bond acceptors (Lipinski definition) is 7. The van der Waals surface area contributed by atoms with Crippen molar-refractivity contribution in [2.24, 2.45) is 11.8 Å². The van der Waals surface area contributed by atoms with E-state index in [1.165, 1.54) is 0 Å². The Balaban J connectivity index is 1.47. The van der Waals surface area contributed by atoms with E-state index in [1.54, 1.807) is 9.80 Å². The van der Waals surface area contributed by atoms with Crippen LogP contribution >= 0.6 is 15.9 Å². The molecule has 11 heteroatoms. The van der Waals surface area contributed by atoms with Crippen LogP contribution in [-0.2, 0) is 28.7 Å². The van der Waals surface area contributed by atoms with Crippen molar-refractivity contribution in [3.63, 3.8) is 0 Å². The summed E-state index contributed by atoms with van der Waals surface area (Å²) in [5.74, 6) is -3.38. The summed E-state index contributed by atoms with van der Waals surface area (Å²) in [5, 5.41) is 12.6. The smallest absolute Gasteiger partial charge is 0.306 e. The Morgan fingerprint density at radius 2 is 1.72 bits per heavy atom. The summed E-state index contributed by atoms with van der Waals surface area (Å²) in [6, 6.07) is 13.3. The molecule has 2 saturated heterocycles. The monoisotopic (exact) mass is 705 g/mol. The average Bonchev–Trinajstić information content (AvgIpc) is 3.64. The first-order valence-electron chi connectivity index (χ1n) is 16.2. The van der Waals surface area contributed by atoms with E-state index in [0.29, 0.717) is 23.7 Å². The van der Waals surface area contributed by atoms with Crippen molar-refractivity contribution in [3.05, 3.63) is 87.9 Å². The first-order valence-corrected chi connectivity index (χ1v) is 17.0. The van der Waals surface area contributed by atoms with Crippen LogP contribution in [0.3, 0.4) is 0 Å². The number of fused-ring (bicyclic) bond motifs is 2. The molecular formula is C36H40BrN3O7. The Labute approximate surface area is 282 Å². The van der Waals surface area contributed by atoms with Gasteiger partial charge < -0.3 is 29.7 Å². The van der Waals surface area contributed by atoms with Gasteiger partial charge in [-0.05, 0) is 55.9 Å².